The number of rotatable bonds is 4. The molecule has 1 N–H and O–H groups in total. The molecule has 3 aromatic heterocycles. The van der Waals surface area contributed by atoms with Gasteiger partial charge in [-0.2, -0.15) is 4.57 Å². The molecule has 0 amide bonds. The smallest absolute Gasteiger partial charge is 0.525 e. The van der Waals surface area contributed by atoms with Crippen LogP contribution in [0.1, 0.15) is 32.0 Å². The lowest BCUT2D eigenvalue weighted by Crippen LogP contribution is -2.45. The quantitative estimate of drug-likeness (QED) is 0.289. The average molecular weight is 437 g/mol. The Hall–Kier alpha value is -3.36. The Morgan fingerprint density at radius 3 is 2.77 bits per heavy atom. The molecule has 1 aromatic carbocycles. The van der Waals surface area contributed by atoms with Gasteiger partial charge in [-0.3, -0.25) is 4.98 Å². The van der Waals surface area contributed by atoms with Gasteiger partial charge >= 0.3 is 6.09 Å². The summed E-state index contributed by atoms with van der Waals surface area (Å²) in [5.74, 6) is 0.592. The van der Waals surface area contributed by atoms with E-state index in [1.165, 1.54) is 15.9 Å². The maximum Gasteiger partial charge on any atom is 0.544 e. The molecule has 0 spiro atoms. The third kappa shape index (κ3) is 4.26. The van der Waals surface area contributed by atoms with Crippen molar-refractivity contribution in [1.29, 1.82) is 0 Å². The molecule has 4 aromatic rings. The Kier molecular flexibility index (Phi) is 5.43. The first-order valence-electron chi connectivity index (χ1n) is 9.62. The second-order valence-corrected chi connectivity index (χ2v) is 8.76. The van der Waals surface area contributed by atoms with Crippen LogP contribution in [0.25, 0.3) is 21.5 Å². The van der Waals surface area contributed by atoms with Crippen LogP contribution < -0.4 is 9.30 Å². The third-order valence-electron chi connectivity index (χ3n) is 4.51. The first-order chi connectivity index (χ1) is 14.8. The molecule has 0 aliphatic heterocycles. The van der Waals surface area contributed by atoms with Gasteiger partial charge in [0.05, 0.1) is 19.1 Å². The maximum absolute atomic E-state index is 12.8. The first kappa shape index (κ1) is 20.9. The highest BCUT2D eigenvalue weighted by molar-refractivity contribution is 7.13. The molecular weight excluding hydrogens is 414 g/mol. The molecule has 0 saturated heterocycles. The van der Waals surface area contributed by atoms with E-state index in [9.17, 15) is 9.90 Å². The number of methoxy groups -OCH3 is 1. The van der Waals surface area contributed by atoms with E-state index in [2.05, 4.69) is 9.97 Å². The molecule has 0 bridgehead atoms. The Morgan fingerprint density at radius 1 is 1.29 bits per heavy atom. The van der Waals surface area contributed by atoms with E-state index in [1.54, 1.807) is 70.1 Å². The van der Waals surface area contributed by atoms with Crippen molar-refractivity contribution in [3.63, 3.8) is 0 Å². The molecule has 8 heteroatoms. The van der Waals surface area contributed by atoms with Crippen LogP contribution in [0, 0.1) is 6.10 Å². The monoisotopic (exact) mass is 436 g/mol. The summed E-state index contributed by atoms with van der Waals surface area (Å²) in [6.07, 6.45) is 4.42. The number of benzene rings is 1. The highest BCUT2D eigenvalue weighted by Crippen LogP contribution is 2.32. The summed E-state index contributed by atoms with van der Waals surface area (Å²) in [6, 6.07) is 9.06. The van der Waals surface area contributed by atoms with Gasteiger partial charge in [0.1, 0.15) is 16.5 Å². The fourth-order valence-corrected chi connectivity index (χ4v) is 3.92. The molecule has 7 nitrogen and oxygen atoms in total. The van der Waals surface area contributed by atoms with Crippen molar-refractivity contribution in [3.8, 4) is 16.3 Å². The number of nitrogens with zero attached hydrogens (tertiary/aromatic N) is 3. The highest BCUT2D eigenvalue weighted by Gasteiger charge is 2.25. The van der Waals surface area contributed by atoms with Crippen molar-refractivity contribution in [3.05, 3.63) is 71.7 Å². The summed E-state index contributed by atoms with van der Waals surface area (Å²) >= 11 is 1.41. The summed E-state index contributed by atoms with van der Waals surface area (Å²) in [7, 11) is 1.56. The predicted octanol–water partition coefficient (Wildman–Crippen LogP) is 4.46. The minimum atomic E-state index is -0.661. The lowest BCUT2D eigenvalue weighted by molar-refractivity contribution is -0.559. The van der Waals surface area contributed by atoms with Crippen molar-refractivity contribution in [2.24, 2.45) is 0 Å². The predicted molar refractivity (Wildman–Crippen MR) is 117 cm³/mol. The van der Waals surface area contributed by atoms with Crippen LogP contribution in [0.5, 0.6) is 5.75 Å². The number of carbonyl (C=O) groups is 1. The van der Waals surface area contributed by atoms with E-state index < -0.39 is 11.7 Å². The van der Waals surface area contributed by atoms with Gasteiger partial charge in [-0.15, -0.1) is 17.5 Å². The summed E-state index contributed by atoms with van der Waals surface area (Å²) in [5, 5.41) is 14.3. The number of ether oxygens (including phenoxy) is 2. The molecule has 0 radical (unpaired) electrons. The van der Waals surface area contributed by atoms with Crippen LogP contribution in [-0.4, -0.2) is 33.9 Å². The number of carbonyl (C=O) groups excluding carboxylic acids is 1. The van der Waals surface area contributed by atoms with Gasteiger partial charge in [-0.05, 0) is 44.7 Å². The molecule has 0 fully saturated rings. The van der Waals surface area contributed by atoms with Crippen molar-refractivity contribution in [2.45, 2.75) is 26.4 Å². The molecule has 0 aliphatic carbocycles. The number of aliphatic hydroxyl groups excluding tert-OH is 1. The lowest BCUT2D eigenvalue weighted by Gasteiger charge is -2.18. The van der Waals surface area contributed by atoms with E-state index in [0.717, 1.165) is 10.6 Å². The second kappa shape index (κ2) is 8.05. The Labute approximate surface area is 183 Å². The second-order valence-electron chi connectivity index (χ2n) is 7.90. The lowest BCUT2D eigenvalue weighted by atomic mass is 10.1. The van der Waals surface area contributed by atoms with Crippen LogP contribution >= 0.6 is 11.3 Å². The van der Waals surface area contributed by atoms with Gasteiger partial charge in [0.15, 0.2) is 11.3 Å². The molecular formula is C23H22N3O4S-. The van der Waals surface area contributed by atoms with E-state index in [0.29, 0.717) is 27.9 Å². The van der Waals surface area contributed by atoms with Crippen molar-refractivity contribution in [1.82, 2.24) is 9.97 Å². The molecule has 0 saturated carbocycles. The Morgan fingerprint density at radius 2 is 2.10 bits per heavy atom. The highest BCUT2D eigenvalue weighted by atomic mass is 32.1. The SMILES string of the molecule is COc1ccc2c([C-](O)c3c[s+][c-](-c4cccnc4)n3)c[n+](C(=O)OC(C)(C)C)[c-]2c1. The standard InChI is InChI=1S/C23H22N3O4S/c1-23(2,3)30-22(28)26-12-17(16-8-7-15(29-4)10-19(16)26)20(27)18-13-31-21(25-18)14-6-5-9-24-11-14/h5-13,27H,1-4H3/q-1. The van der Waals surface area contributed by atoms with E-state index in [4.69, 9.17) is 9.47 Å². The van der Waals surface area contributed by atoms with Gasteiger partial charge in [-0.25, -0.2) is 4.79 Å². The number of pyridine rings is 1. The fourth-order valence-electron chi connectivity index (χ4n) is 3.13. The van der Waals surface area contributed by atoms with E-state index in [1.807, 2.05) is 12.1 Å². The number of fused-ring (bicyclic) bond motifs is 1. The van der Waals surface area contributed by atoms with Crippen molar-refractivity contribution in [2.75, 3.05) is 7.11 Å². The number of thiazole rings is 1. The van der Waals surface area contributed by atoms with Crippen molar-refractivity contribution >= 4 is 28.3 Å². The Bertz CT molecular complexity index is 1220. The van der Waals surface area contributed by atoms with E-state index >= 15 is 0 Å². The van der Waals surface area contributed by atoms with Gasteiger partial charge in [0, 0.05) is 11.9 Å². The number of hydrogen-bond donors (Lipinski definition) is 1. The zero-order chi connectivity index (χ0) is 22.2. The molecule has 3 heterocycles. The molecule has 0 atom stereocenters. The number of aliphatic hydroxyl groups is 1. The summed E-state index contributed by atoms with van der Waals surface area (Å²) in [6.45, 7) is 5.41. The summed E-state index contributed by atoms with van der Waals surface area (Å²) < 4.78 is 12.2. The fraction of sp³-hybridized carbons (Fsp3) is 0.217. The molecule has 4 rings (SSSR count). The molecule has 0 aliphatic rings. The minimum Gasteiger partial charge on any atom is -0.525 e. The zero-order valence-electron chi connectivity index (χ0n) is 17.6. The zero-order valence-corrected chi connectivity index (χ0v) is 18.4. The van der Waals surface area contributed by atoms with Crippen molar-refractivity contribution < 1.29 is 23.9 Å². The van der Waals surface area contributed by atoms with Gasteiger partial charge < -0.3 is 19.6 Å². The number of aromatic nitrogens is 3. The van der Waals surface area contributed by atoms with Crippen LogP contribution in [0.2, 0.25) is 0 Å². The van der Waals surface area contributed by atoms with Gasteiger partial charge in [0.2, 0.25) is 5.01 Å². The largest absolute Gasteiger partial charge is 0.544 e. The number of hydrogen-bond acceptors (Lipinski definition) is 6. The average Bonchev–Trinajstić information content (AvgIpc) is 3.38. The van der Waals surface area contributed by atoms with Gasteiger partial charge in [0.25, 0.3) is 0 Å². The van der Waals surface area contributed by atoms with Crippen LogP contribution in [0.15, 0.2) is 54.3 Å². The van der Waals surface area contributed by atoms with Crippen LogP contribution in [0.3, 0.4) is 0 Å². The van der Waals surface area contributed by atoms with Crippen LogP contribution in [0.4, 0.5) is 4.79 Å². The van der Waals surface area contributed by atoms with E-state index in [-0.39, 0.29) is 6.10 Å². The normalized spacial score (nSPS) is 11.5. The summed E-state index contributed by atoms with van der Waals surface area (Å²) in [4.78, 5) is 21.5. The minimum absolute atomic E-state index is 0.0242. The first-order valence-corrected chi connectivity index (χ1v) is 10.5. The molecule has 31 heavy (non-hydrogen) atoms. The molecule has 0 unspecified atom stereocenters. The topological polar surface area (TPSA) is 85.4 Å². The van der Waals surface area contributed by atoms with Crippen LogP contribution in [-0.2, 0) is 4.74 Å². The Balaban J connectivity index is 1.77. The maximum atomic E-state index is 12.8. The third-order valence-corrected chi connectivity index (χ3v) is 5.40. The summed E-state index contributed by atoms with van der Waals surface area (Å²) in [5.41, 5.74) is 1.67. The molecule has 160 valence electrons. The van der Waals surface area contributed by atoms with Gasteiger partial charge in [-0.1, -0.05) is 17.7 Å².